The Morgan fingerprint density at radius 3 is 2.50 bits per heavy atom. The average molecular weight is 242 g/mol. The first-order valence-corrected chi connectivity index (χ1v) is 7.12. The largest absolute Gasteiger partial charge is 0.299 e. The quantitative estimate of drug-likeness (QED) is 0.739. The molecule has 0 spiro atoms. The van der Waals surface area contributed by atoms with Gasteiger partial charge in [-0.05, 0) is 18.4 Å². The van der Waals surface area contributed by atoms with Crippen LogP contribution >= 0.6 is 0 Å². The Kier molecular flexibility index (Phi) is 5.19. The molecule has 1 aromatic rings. The fraction of sp³-hybridized carbons (Fsp3) is 0.471. The lowest BCUT2D eigenvalue weighted by Gasteiger charge is -2.09. The van der Waals surface area contributed by atoms with Crippen molar-refractivity contribution in [1.82, 2.24) is 0 Å². The van der Waals surface area contributed by atoms with E-state index in [4.69, 9.17) is 0 Å². The molecule has 0 radical (unpaired) electrons. The van der Waals surface area contributed by atoms with Crippen LogP contribution in [0.2, 0.25) is 0 Å². The third-order valence-corrected chi connectivity index (χ3v) is 3.67. The molecule has 0 saturated heterocycles. The molecule has 18 heavy (non-hydrogen) atoms. The SMILES string of the molecule is O=C1CCCCCCCC1/C=C/c1ccccc1. The molecule has 1 aromatic carbocycles. The van der Waals surface area contributed by atoms with Crippen molar-refractivity contribution in [2.75, 3.05) is 0 Å². The molecule has 1 fully saturated rings. The van der Waals surface area contributed by atoms with E-state index >= 15 is 0 Å². The van der Waals surface area contributed by atoms with Crippen LogP contribution in [0.15, 0.2) is 36.4 Å². The van der Waals surface area contributed by atoms with Crippen molar-refractivity contribution >= 4 is 11.9 Å². The summed E-state index contributed by atoms with van der Waals surface area (Å²) in [7, 11) is 0. The molecule has 1 heteroatoms. The van der Waals surface area contributed by atoms with Gasteiger partial charge in [0.1, 0.15) is 5.78 Å². The molecule has 1 atom stereocenters. The zero-order chi connectivity index (χ0) is 12.6. The summed E-state index contributed by atoms with van der Waals surface area (Å²) >= 11 is 0. The van der Waals surface area contributed by atoms with E-state index in [1.807, 2.05) is 18.2 Å². The van der Waals surface area contributed by atoms with Gasteiger partial charge in [-0.3, -0.25) is 4.79 Å². The highest BCUT2D eigenvalue weighted by molar-refractivity contribution is 5.83. The maximum atomic E-state index is 12.1. The summed E-state index contributed by atoms with van der Waals surface area (Å²) in [5, 5.41) is 0. The third-order valence-electron chi connectivity index (χ3n) is 3.67. The van der Waals surface area contributed by atoms with Gasteiger partial charge in [0.2, 0.25) is 0 Å². The summed E-state index contributed by atoms with van der Waals surface area (Å²) in [4.78, 5) is 12.1. The highest BCUT2D eigenvalue weighted by Gasteiger charge is 2.15. The third kappa shape index (κ3) is 4.14. The Morgan fingerprint density at radius 2 is 1.67 bits per heavy atom. The van der Waals surface area contributed by atoms with Crippen LogP contribution in [-0.4, -0.2) is 5.78 Å². The lowest BCUT2D eigenvalue weighted by molar-refractivity contribution is -0.121. The zero-order valence-electron chi connectivity index (χ0n) is 11.0. The monoisotopic (exact) mass is 242 g/mol. The summed E-state index contributed by atoms with van der Waals surface area (Å²) < 4.78 is 0. The number of carbonyl (C=O) groups excluding carboxylic acids is 1. The first-order chi connectivity index (χ1) is 8.86. The van der Waals surface area contributed by atoms with Crippen molar-refractivity contribution in [1.29, 1.82) is 0 Å². The number of hydrogen-bond acceptors (Lipinski definition) is 1. The molecule has 1 aliphatic carbocycles. The number of hydrogen-bond donors (Lipinski definition) is 0. The highest BCUT2D eigenvalue weighted by atomic mass is 16.1. The lowest BCUT2D eigenvalue weighted by Crippen LogP contribution is -2.11. The predicted octanol–water partition coefficient (Wildman–Crippen LogP) is 4.63. The second-order valence-electron chi connectivity index (χ2n) is 5.15. The molecule has 1 aliphatic rings. The van der Waals surface area contributed by atoms with E-state index in [1.165, 1.54) is 31.2 Å². The van der Waals surface area contributed by atoms with Crippen LogP contribution in [0.25, 0.3) is 6.08 Å². The molecular formula is C17H22O. The number of rotatable bonds is 2. The Bertz CT molecular complexity index is 391. The summed E-state index contributed by atoms with van der Waals surface area (Å²) in [6.45, 7) is 0. The van der Waals surface area contributed by atoms with Crippen LogP contribution in [0.3, 0.4) is 0 Å². The predicted molar refractivity (Wildman–Crippen MR) is 76.3 cm³/mol. The van der Waals surface area contributed by atoms with Crippen LogP contribution in [0.1, 0.15) is 50.5 Å². The van der Waals surface area contributed by atoms with Gasteiger partial charge in [-0.1, -0.05) is 68.2 Å². The zero-order valence-corrected chi connectivity index (χ0v) is 11.0. The van der Waals surface area contributed by atoms with Crippen LogP contribution in [0, 0.1) is 5.92 Å². The maximum absolute atomic E-state index is 12.1. The van der Waals surface area contributed by atoms with Crippen LogP contribution in [0.5, 0.6) is 0 Å². The van der Waals surface area contributed by atoms with Crippen molar-refractivity contribution in [3.63, 3.8) is 0 Å². The van der Waals surface area contributed by atoms with Gasteiger partial charge in [0, 0.05) is 12.3 Å². The summed E-state index contributed by atoms with van der Waals surface area (Å²) in [6.07, 6.45) is 12.1. The van der Waals surface area contributed by atoms with E-state index in [2.05, 4.69) is 24.3 Å². The van der Waals surface area contributed by atoms with E-state index in [-0.39, 0.29) is 5.92 Å². The summed E-state index contributed by atoms with van der Waals surface area (Å²) in [5.41, 5.74) is 1.19. The second-order valence-corrected chi connectivity index (χ2v) is 5.15. The molecule has 96 valence electrons. The first-order valence-electron chi connectivity index (χ1n) is 7.12. The fourth-order valence-corrected chi connectivity index (χ4v) is 2.54. The van der Waals surface area contributed by atoms with Crippen molar-refractivity contribution in [2.24, 2.45) is 5.92 Å². The minimum absolute atomic E-state index is 0.142. The minimum Gasteiger partial charge on any atom is -0.299 e. The van der Waals surface area contributed by atoms with E-state index in [0.29, 0.717) is 5.78 Å². The van der Waals surface area contributed by atoms with Gasteiger partial charge in [-0.25, -0.2) is 0 Å². The fourth-order valence-electron chi connectivity index (χ4n) is 2.54. The Balaban J connectivity index is 2.00. The Hall–Kier alpha value is -1.37. The van der Waals surface area contributed by atoms with Crippen LogP contribution in [-0.2, 0) is 4.79 Å². The lowest BCUT2D eigenvalue weighted by atomic mass is 9.94. The van der Waals surface area contributed by atoms with Gasteiger partial charge in [0.25, 0.3) is 0 Å². The number of allylic oxidation sites excluding steroid dienone is 1. The Morgan fingerprint density at radius 1 is 0.944 bits per heavy atom. The molecule has 0 heterocycles. The first kappa shape index (κ1) is 13.1. The number of benzene rings is 1. The van der Waals surface area contributed by atoms with Gasteiger partial charge >= 0.3 is 0 Å². The maximum Gasteiger partial charge on any atom is 0.139 e. The molecular weight excluding hydrogens is 220 g/mol. The van der Waals surface area contributed by atoms with Gasteiger partial charge < -0.3 is 0 Å². The minimum atomic E-state index is 0.142. The topological polar surface area (TPSA) is 17.1 Å². The van der Waals surface area contributed by atoms with Crippen molar-refractivity contribution in [2.45, 2.75) is 44.9 Å². The number of Topliss-reactive ketones (excluding diaryl/α,β-unsaturated/α-hetero) is 1. The van der Waals surface area contributed by atoms with E-state index < -0.39 is 0 Å². The molecule has 1 unspecified atom stereocenters. The molecule has 0 aliphatic heterocycles. The number of ketones is 1. The molecule has 0 amide bonds. The Labute approximate surface area is 110 Å². The van der Waals surface area contributed by atoms with Crippen LogP contribution < -0.4 is 0 Å². The average Bonchev–Trinajstić information content (AvgIpc) is 2.50. The van der Waals surface area contributed by atoms with E-state index in [0.717, 1.165) is 19.3 Å². The molecule has 1 saturated carbocycles. The van der Waals surface area contributed by atoms with E-state index in [9.17, 15) is 4.79 Å². The summed E-state index contributed by atoms with van der Waals surface area (Å²) in [5.74, 6) is 0.576. The second kappa shape index (κ2) is 7.15. The molecule has 1 nitrogen and oxygen atoms in total. The van der Waals surface area contributed by atoms with Gasteiger partial charge in [-0.15, -0.1) is 0 Å². The molecule has 0 aromatic heterocycles. The molecule has 0 bridgehead atoms. The summed E-state index contributed by atoms with van der Waals surface area (Å²) in [6, 6.07) is 10.2. The van der Waals surface area contributed by atoms with E-state index in [1.54, 1.807) is 0 Å². The van der Waals surface area contributed by atoms with Gasteiger partial charge in [-0.2, -0.15) is 0 Å². The molecule has 0 N–H and O–H groups in total. The molecule has 2 rings (SSSR count). The van der Waals surface area contributed by atoms with Crippen LogP contribution in [0.4, 0.5) is 0 Å². The smallest absolute Gasteiger partial charge is 0.139 e. The normalized spacial score (nSPS) is 22.4. The van der Waals surface area contributed by atoms with Gasteiger partial charge in [0.05, 0.1) is 0 Å². The standard InChI is InChI=1S/C17H22O/c18-17-12-8-3-1-2-7-11-16(17)14-13-15-9-5-4-6-10-15/h4-6,9-10,13-14,16H,1-3,7-8,11-12H2/b14-13+. The highest BCUT2D eigenvalue weighted by Crippen LogP contribution is 2.21. The van der Waals surface area contributed by atoms with Crippen molar-refractivity contribution in [3.05, 3.63) is 42.0 Å². The van der Waals surface area contributed by atoms with Gasteiger partial charge in [0.15, 0.2) is 0 Å². The van der Waals surface area contributed by atoms with Crippen molar-refractivity contribution in [3.8, 4) is 0 Å². The number of carbonyl (C=O) groups is 1. The van der Waals surface area contributed by atoms with Crippen molar-refractivity contribution < 1.29 is 4.79 Å².